The zero-order valence-electron chi connectivity index (χ0n) is 19.8. The number of benzene rings is 1. The molecule has 0 radical (unpaired) electrons. The minimum Gasteiger partial charge on any atom is -0.466 e. The standard InChI is InChI=1S/C25H30N4O3S/c1-6-18-8-10-19(11-9-18)23-22-15(2)16(3)33-25(22)29-17(4)27-28-24(29)20(26-23)14-21(30)32-13-7-12-31-5/h8-11,20H,6-7,12-14H2,1-5H3/t20-/m0/s1. The van der Waals surface area contributed by atoms with Crippen LogP contribution in [0.15, 0.2) is 29.3 Å². The van der Waals surface area contributed by atoms with Crippen LogP contribution in [0.2, 0.25) is 0 Å². The summed E-state index contributed by atoms with van der Waals surface area (Å²) in [6.45, 7) is 9.22. The molecular formula is C25H30N4O3S. The number of rotatable bonds is 8. The van der Waals surface area contributed by atoms with Crippen LogP contribution in [0.5, 0.6) is 0 Å². The van der Waals surface area contributed by atoms with Crippen molar-refractivity contribution >= 4 is 23.0 Å². The first-order valence-corrected chi connectivity index (χ1v) is 12.1. The summed E-state index contributed by atoms with van der Waals surface area (Å²) in [4.78, 5) is 19.0. The lowest BCUT2D eigenvalue weighted by molar-refractivity contribution is -0.144. The number of aryl methyl sites for hydroxylation is 3. The molecule has 174 valence electrons. The van der Waals surface area contributed by atoms with Gasteiger partial charge in [0.1, 0.15) is 16.9 Å². The van der Waals surface area contributed by atoms with Gasteiger partial charge in [-0.25, -0.2) is 0 Å². The van der Waals surface area contributed by atoms with E-state index >= 15 is 0 Å². The normalized spacial score (nSPS) is 14.9. The Morgan fingerprint density at radius 3 is 2.58 bits per heavy atom. The minimum absolute atomic E-state index is 0.106. The Labute approximate surface area is 198 Å². The van der Waals surface area contributed by atoms with Gasteiger partial charge in [-0.2, -0.15) is 0 Å². The summed E-state index contributed by atoms with van der Waals surface area (Å²) in [6, 6.07) is 8.03. The molecule has 7 nitrogen and oxygen atoms in total. The van der Waals surface area contributed by atoms with Gasteiger partial charge in [-0.15, -0.1) is 21.5 Å². The highest BCUT2D eigenvalue weighted by atomic mass is 32.1. The summed E-state index contributed by atoms with van der Waals surface area (Å²) >= 11 is 1.71. The summed E-state index contributed by atoms with van der Waals surface area (Å²) < 4.78 is 12.5. The molecule has 3 heterocycles. The molecule has 0 amide bonds. The summed E-state index contributed by atoms with van der Waals surface area (Å²) in [5.41, 5.74) is 5.47. The second-order valence-electron chi connectivity index (χ2n) is 8.22. The van der Waals surface area contributed by atoms with E-state index in [1.807, 2.05) is 6.92 Å². The van der Waals surface area contributed by atoms with Crippen molar-refractivity contribution in [1.29, 1.82) is 0 Å². The smallest absolute Gasteiger partial charge is 0.308 e. The third-order valence-corrected chi connectivity index (χ3v) is 7.18. The fourth-order valence-electron chi connectivity index (χ4n) is 4.03. The van der Waals surface area contributed by atoms with E-state index in [0.717, 1.165) is 34.1 Å². The Morgan fingerprint density at radius 2 is 1.88 bits per heavy atom. The number of thiophene rings is 1. The second-order valence-corrected chi connectivity index (χ2v) is 9.42. The molecule has 0 bridgehead atoms. The van der Waals surface area contributed by atoms with Gasteiger partial charge < -0.3 is 9.47 Å². The molecule has 0 saturated heterocycles. The Balaban J connectivity index is 1.79. The summed E-state index contributed by atoms with van der Waals surface area (Å²) in [6.07, 6.45) is 1.75. The number of methoxy groups -OCH3 is 1. The van der Waals surface area contributed by atoms with Gasteiger partial charge >= 0.3 is 5.97 Å². The number of carbonyl (C=O) groups is 1. The first-order valence-electron chi connectivity index (χ1n) is 11.3. The lowest BCUT2D eigenvalue weighted by Gasteiger charge is -2.13. The van der Waals surface area contributed by atoms with Crippen molar-refractivity contribution in [2.24, 2.45) is 4.99 Å². The van der Waals surface area contributed by atoms with Gasteiger partial charge in [-0.1, -0.05) is 31.2 Å². The highest BCUT2D eigenvalue weighted by molar-refractivity contribution is 7.15. The Hall–Kier alpha value is -2.84. The molecule has 3 aromatic rings. The number of carbonyl (C=O) groups excluding carboxylic acids is 1. The largest absolute Gasteiger partial charge is 0.466 e. The second kappa shape index (κ2) is 9.97. The molecular weight excluding hydrogens is 436 g/mol. The topological polar surface area (TPSA) is 78.6 Å². The third-order valence-electron chi connectivity index (χ3n) is 5.99. The average Bonchev–Trinajstić information content (AvgIpc) is 3.29. The van der Waals surface area contributed by atoms with Gasteiger partial charge in [0.25, 0.3) is 0 Å². The maximum atomic E-state index is 12.7. The number of hydrogen-bond acceptors (Lipinski definition) is 7. The van der Waals surface area contributed by atoms with Crippen molar-refractivity contribution in [3.8, 4) is 5.00 Å². The van der Waals surface area contributed by atoms with E-state index in [1.165, 1.54) is 16.0 Å². The van der Waals surface area contributed by atoms with Gasteiger partial charge in [0.2, 0.25) is 0 Å². The molecule has 33 heavy (non-hydrogen) atoms. The molecule has 0 unspecified atom stereocenters. The van der Waals surface area contributed by atoms with Crippen molar-refractivity contribution in [3.05, 3.63) is 63.0 Å². The SMILES string of the molecule is CCc1ccc(C2=N[C@@H](CC(=O)OCCCOC)c3nnc(C)n3-c3sc(C)c(C)c32)cc1. The van der Waals surface area contributed by atoms with Crippen LogP contribution in [0.25, 0.3) is 5.00 Å². The van der Waals surface area contributed by atoms with Crippen LogP contribution < -0.4 is 0 Å². The molecule has 1 aromatic carbocycles. The van der Waals surface area contributed by atoms with Crippen molar-refractivity contribution in [2.45, 2.75) is 53.0 Å². The molecule has 1 aliphatic heterocycles. The molecule has 4 rings (SSSR count). The summed E-state index contributed by atoms with van der Waals surface area (Å²) in [7, 11) is 1.63. The van der Waals surface area contributed by atoms with Gasteiger partial charge in [-0.05, 0) is 38.3 Å². The number of aromatic nitrogens is 3. The van der Waals surface area contributed by atoms with Crippen LogP contribution >= 0.6 is 11.3 Å². The third kappa shape index (κ3) is 4.63. The maximum absolute atomic E-state index is 12.7. The van der Waals surface area contributed by atoms with Crippen molar-refractivity contribution in [3.63, 3.8) is 0 Å². The molecule has 1 aliphatic rings. The number of aliphatic imine (C=N–C) groups is 1. The number of ether oxygens (including phenoxy) is 2. The lowest BCUT2D eigenvalue weighted by Crippen LogP contribution is -2.14. The van der Waals surface area contributed by atoms with Gasteiger partial charge in [-0.3, -0.25) is 14.4 Å². The van der Waals surface area contributed by atoms with Gasteiger partial charge in [0.15, 0.2) is 5.82 Å². The van der Waals surface area contributed by atoms with Crippen LogP contribution in [0.4, 0.5) is 0 Å². The maximum Gasteiger partial charge on any atom is 0.308 e. The molecule has 0 spiro atoms. The molecule has 0 fully saturated rings. The van der Waals surface area contributed by atoms with Crippen molar-refractivity contribution < 1.29 is 14.3 Å². The van der Waals surface area contributed by atoms with Crippen LogP contribution in [-0.4, -0.2) is 46.8 Å². The lowest BCUT2D eigenvalue weighted by atomic mass is 9.98. The van der Waals surface area contributed by atoms with Crippen molar-refractivity contribution in [2.75, 3.05) is 20.3 Å². The van der Waals surface area contributed by atoms with Crippen LogP contribution in [0, 0.1) is 20.8 Å². The number of hydrogen-bond donors (Lipinski definition) is 0. The highest BCUT2D eigenvalue weighted by Crippen LogP contribution is 2.39. The zero-order valence-corrected chi connectivity index (χ0v) is 20.7. The minimum atomic E-state index is -0.485. The fourth-order valence-corrected chi connectivity index (χ4v) is 5.24. The van der Waals surface area contributed by atoms with Crippen molar-refractivity contribution in [1.82, 2.24) is 14.8 Å². The monoisotopic (exact) mass is 466 g/mol. The first-order chi connectivity index (χ1) is 15.9. The van der Waals surface area contributed by atoms with Crippen LogP contribution in [0.3, 0.4) is 0 Å². The molecule has 2 aromatic heterocycles. The Kier molecular flexibility index (Phi) is 7.05. The fraction of sp³-hybridized carbons (Fsp3) is 0.440. The quantitative estimate of drug-likeness (QED) is 0.356. The first kappa shape index (κ1) is 23.3. The van der Waals surface area contributed by atoms with E-state index in [9.17, 15) is 4.79 Å². The van der Waals surface area contributed by atoms with E-state index in [0.29, 0.717) is 25.5 Å². The number of nitrogens with zero attached hydrogens (tertiary/aromatic N) is 4. The van der Waals surface area contributed by atoms with E-state index in [4.69, 9.17) is 14.5 Å². The summed E-state index contributed by atoms with van der Waals surface area (Å²) in [5, 5.41) is 9.82. The van der Waals surface area contributed by atoms with Gasteiger partial charge in [0.05, 0.1) is 18.7 Å². The number of fused-ring (bicyclic) bond motifs is 3. The molecule has 1 atom stereocenters. The van der Waals surface area contributed by atoms with E-state index in [2.05, 4.69) is 59.8 Å². The van der Waals surface area contributed by atoms with E-state index in [1.54, 1.807) is 18.4 Å². The van der Waals surface area contributed by atoms with Crippen LogP contribution in [0.1, 0.15) is 64.6 Å². The van der Waals surface area contributed by atoms with Gasteiger partial charge in [0, 0.05) is 36.1 Å². The Morgan fingerprint density at radius 1 is 1.12 bits per heavy atom. The van der Waals surface area contributed by atoms with E-state index < -0.39 is 6.04 Å². The van der Waals surface area contributed by atoms with Crippen LogP contribution in [-0.2, 0) is 20.7 Å². The van der Waals surface area contributed by atoms with E-state index in [-0.39, 0.29) is 12.4 Å². The molecule has 0 saturated carbocycles. The molecule has 0 N–H and O–H groups in total. The molecule has 8 heteroatoms. The Bertz CT molecular complexity index is 1180. The zero-order chi connectivity index (χ0) is 23.5. The highest BCUT2D eigenvalue weighted by Gasteiger charge is 2.32. The number of esters is 1. The summed E-state index contributed by atoms with van der Waals surface area (Å²) in [5.74, 6) is 1.15. The predicted molar refractivity (Wildman–Crippen MR) is 130 cm³/mol. The predicted octanol–water partition coefficient (Wildman–Crippen LogP) is 4.68. The molecule has 0 aliphatic carbocycles. The average molecular weight is 467 g/mol.